The first-order valence-electron chi connectivity index (χ1n) is 7.60. The maximum absolute atomic E-state index is 12.4. The highest BCUT2D eigenvalue weighted by molar-refractivity contribution is 6.02. The molecule has 0 unspecified atom stereocenters. The van der Waals surface area contributed by atoms with Crippen molar-refractivity contribution < 1.29 is 9.53 Å². The van der Waals surface area contributed by atoms with Crippen LogP contribution >= 0.6 is 0 Å². The summed E-state index contributed by atoms with van der Waals surface area (Å²) in [6, 6.07) is 3.43. The van der Waals surface area contributed by atoms with Crippen LogP contribution in [0, 0.1) is 12.8 Å². The van der Waals surface area contributed by atoms with Gasteiger partial charge >= 0.3 is 0 Å². The molecule has 0 spiro atoms. The minimum Gasteiger partial charge on any atom is -0.381 e. The Morgan fingerprint density at radius 1 is 1.48 bits per heavy atom. The molecule has 0 saturated carbocycles. The van der Waals surface area contributed by atoms with E-state index in [4.69, 9.17) is 4.74 Å². The van der Waals surface area contributed by atoms with Crippen molar-refractivity contribution >= 4 is 17.7 Å². The molecule has 1 saturated heterocycles. The lowest BCUT2D eigenvalue weighted by atomic mass is 10.1. The molecule has 1 atom stereocenters. The van der Waals surface area contributed by atoms with Crippen LogP contribution < -0.4 is 10.6 Å². The summed E-state index contributed by atoms with van der Waals surface area (Å²) in [5, 5.41) is 9.99. The zero-order valence-corrected chi connectivity index (χ0v) is 13.2. The van der Waals surface area contributed by atoms with E-state index in [1.54, 1.807) is 30.1 Å². The Kier molecular flexibility index (Phi) is 4.52. The van der Waals surface area contributed by atoms with Gasteiger partial charge in [-0.05, 0) is 19.4 Å². The molecule has 8 nitrogen and oxygen atoms in total. The molecule has 2 aromatic rings. The summed E-state index contributed by atoms with van der Waals surface area (Å²) in [7, 11) is 1.72. The van der Waals surface area contributed by atoms with E-state index in [1.165, 1.54) is 0 Å². The topological polar surface area (TPSA) is 94.0 Å². The lowest BCUT2D eigenvalue weighted by Crippen LogP contribution is -2.20. The predicted octanol–water partition coefficient (Wildman–Crippen LogP) is 1.31. The van der Waals surface area contributed by atoms with E-state index in [0.29, 0.717) is 23.4 Å². The van der Waals surface area contributed by atoms with Gasteiger partial charge in [0.1, 0.15) is 11.5 Å². The molecule has 0 radical (unpaired) electrons. The van der Waals surface area contributed by atoms with Crippen LogP contribution in [0.25, 0.3) is 0 Å². The SMILES string of the molecule is CNc1nc(C)cc(C(=O)Nc2ccnn2C[C@@H]2CCOC2)n1. The average molecular weight is 316 g/mol. The fourth-order valence-corrected chi connectivity index (χ4v) is 2.53. The number of hydrogen-bond donors (Lipinski definition) is 2. The van der Waals surface area contributed by atoms with Crippen LogP contribution in [0.5, 0.6) is 0 Å². The minimum absolute atomic E-state index is 0.281. The smallest absolute Gasteiger partial charge is 0.275 e. The highest BCUT2D eigenvalue weighted by Gasteiger charge is 2.19. The van der Waals surface area contributed by atoms with Gasteiger partial charge in [-0.3, -0.25) is 4.79 Å². The largest absolute Gasteiger partial charge is 0.381 e. The van der Waals surface area contributed by atoms with E-state index in [-0.39, 0.29) is 5.91 Å². The van der Waals surface area contributed by atoms with E-state index in [0.717, 1.165) is 31.9 Å². The summed E-state index contributed by atoms with van der Waals surface area (Å²) in [5.74, 6) is 1.23. The number of anilines is 2. The third kappa shape index (κ3) is 3.65. The Hall–Kier alpha value is -2.48. The van der Waals surface area contributed by atoms with E-state index < -0.39 is 0 Å². The lowest BCUT2D eigenvalue weighted by molar-refractivity contribution is 0.102. The number of hydrogen-bond acceptors (Lipinski definition) is 6. The van der Waals surface area contributed by atoms with Gasteiger partial charge in [0.2, 0.25) is 5.95 Å². The number of rotatable bonds is 5. The molecule has 1 aliphatic rings. The number of amides is 1. The van der Waals surface area contributed by atoms with Crippen LogP contribution in [0.3, 0.4) is 0 Å². The number of nitrogens with one attached hydrogen (secondary N) is 2. The molecule has 0 bridgehead atoms. The zero-order valence-electron chi connectivity index (χ0n) is 13.2. The molecule has 2 aromatic heterocycles. The zero-order chi connectivity index (χ0) is 16.2. The molecule has 23 heavy (non-hydrogen) atoms. The van der Waals surface area contributed by atoms with Crippen LogP contribution in [0.4, 0.5) is 11.8 Å². The first-order valence-corrected chi connectivity index (χ1v) is 7.60. The van der Waals surface area contributed by atoms with Crippen LogP contribution in [0.2, 0.25) is 0 Å². The number of ether oxygens (including phenoxy) is 1. The molecule has 2 N–H and O–H groups in total. The number of aromatic nitrogens is 4. The van der Waals surface area contributed by atoms with Gasteiger partial charge in [-0.1, -0.05) is 0 Å². The van der Waals surface area contributed by atoms with Gasteiger partial charge in [0.25, 0.3) is 5.91 Å². The lowest BCUT2D eigenvalue weighted by Gasteiger charge is -2.12. The molecule has 1 fully saturated rings. The molecule has 3 heterocycles. The van der Waals surface area contributed by atoms with Crippen molar-refractivity contribution in [1.29, 1.82) is 0 Å². The molecule has 1 amide bonds. The van der Waals surface area contributed by atoms with Gasteiger partial charge < -0.3 is 15.4 Å². The predicted molar refractivity (Wildman–Crippen MR) is 85.4 cm³/mol. The minimum atomic E-state index is -0.281. The maximum atomic E-state index is 12.4. The molecule has 1 aliphatic heterocycles. The standard InChI is InChI=1S/C15H20N6O2/c1-10-7-12(19-15(16-2)18-10)14(22)20-13-3-5-17-21(13)8-11-4-6-23-9-11/h3,5,7,11H,4,6,8-9H2,1-2H3,(H,20,22)(H,16,18,19)/t11-/m0/s1. The Bertz CT molecular complexity index is 693. The molecule has 8 heteroatoms. The van der Waals surface area contributed by atoms with Gasteiger partial charge in [-0.15, -0.1) is 0 Å². The highest BCUT2D eigenvalue weighted by Crippen LogP contribution is 2.17. The van der Waals surface area contributed by atoms with Crippen molar-refractivity contribution in [2.75, 3.05) is 30.9 Å². The second-order valence-corrected chi connectivity index (χ2v) is 5.55. The highest BCUT2D eigenvalue weighted by atomic mass is 16.5. The van der Waals surface area contributed by atoms with Crippen LogP contribution in [-0.4, -0.2) is 45.9 Å². The summed E-state index contributed by atoms with van der Waals surface area (Å²) in [6.45, 7) is 4.08. The molecule has 122 valence electrons. The van der Waals surface area contributed by atoms with Crippen LogP contribution in [0.15, 0.2) is 18.3 Å². The van der Waals surface area contributed by atoms with Crippen molar-refractivity contribution in [3.05, 3.63) is 29.7 Å². The van der Waals surface area contributed by atoms with E-state index in [9.17, 15) is 4.79 Å². The van der Waals surface area contributed by atoms with E-state index >= 15 is 0 Å². The third-order valence-electron chi connectivity index (χ3n) is 3.72. The van der Waals surface area contributed by atoms with Gasteiger partial charge in [0.15, 0.2) is 0 Å². The first-order chi connectivity index (χ1) is 11.2. The van der Waals surface area contributed by atoms with Crippen molar-refractivity contribution in [2.45, 2.75) is 19.9 Å². The molecule has 0 aromatic carbocycles. The van der Waals surface area contributed by atoms with Crippen molar-refractivity contribution in [2.24, 2.45) is 5.92 Å². The Morgan fingerprint density at radius 3 is 3.09 bits per heavy atom. The average Bonchev–Trinajstić information content (AvgIpc) is 3.19. The first kappa shape index (κ1) is 15.4. The van der Waals surface area contributed by atoms with E-state index in [1.807, 2.05) is 6.92 Å². The Morgan fingerprint density at radius 2 is 2.35 bits per heavy atom. The van der Waals surface area contributed by atoms with Crippen molar-refractivity contribution in [1.82, 2.24) is 19.7 Å². The van der Waals surface area contributed by atoms with Gasteiger partial charge in [0.05, 0.1) is 12.8 Å². The summed E-state index contributed by atoms with van der Waals surface area (Å²) in [4.78, 5) is 20.8. The third-order valence-corrected chi connectivity index (χ3v) is 3.72. The Balaban J connectivity index is 1.73. The number of carbonyl (C=O) groups excluding carboxylic acids is 1. The summed E-state index contributed by atoms with van der Waals surface area (Å²) < 4.78 is 7.18. The number of nitrogens with zero attached hydrogens (tertiary/aromatic N) is 4. The molecule has 3 rings (SSSR count). The molecule has 0 aliphatic carbocycles. The molecular weight excluding hydrogens is 296 g/mol. The van der Waals surface area contributed by atoms with Crippen LogP contribution in [-0.2, 0) is 11.3 Å². The quantitative estimate of drug-likeness (QED) is 0.864. The molecular formula is C15H20N6O2. The summed E-state index contributed by atoms with van der Waals surface area (Å²) in [6.07, 6.45) is 2.69. The summed E-state index contributed by atoms with van der Waals surface area (Å²) >= 11 is 0. The van der Waals surface area contributed by atoms with Gasteiger partial charge in [-0.2, -0.15) is 5.10 Å². The van der Waals surface area contributed by atoms with Crippen molar-refractivity contribution in [3.8, 4) is 0 Å². The number of aryl methyl sites for hydroxylation is 1. The Labute approximate surface area is 134 Å². The fraction of sp³-hybridized carbons (Fsp3) is 0.467. The van der Waals surface area contributed by atoms with Crippen LogP contribution in [0.1, 0.15) is 22.6 Å². The van der Waals surface area contributed by atoms with E-state index in [2.05, 4.69) is 25.7 Å². The van der Waals surface area contributed by atoms with Crippen molar-refractivity contribution in [3.63, 3.8) is 0 Å². The maximum Gasteiger partial charge on any atom is 0.275 e. The summed E-state index contributed by atoms with van der Waals surface area (Å²) in [5.41, 5.74) is 1.05. The van der Waals surface area contributed by atoms with Gasteiger partial charge in [0, 0.05) is 37.9 Å². The fourth-order valence-electron chi connectivity index (χ4n) is 2.53. The number of carbonyl (C=O) groups is 1. The normalized spacial score (nSPS) is 17.2. The second kappa shape index (κ2) is 6.74. The van der Waals surface area contributed by atoms with Gasteiger partial charge in [-0.25, -0.2) is 14.6 Å². The monoisotopic (exact) mass is 316 g/mol. The second-order valence-electron chi connectivity index (χ2n) is 5.55.